The van der Waals surface area contributed by atoms with Crippen LogP contribution in [0.2, 0.25) is 0 Å². The van der Waals surface area contributed by atoms with Crippen LogP contribution in [0.3, 0.4) is 0 Å². The lowest BCUT2D eigenvalue weighted by Gasteiger charge is -2.24. The lowest BCUT2D eigenvalue weighted by molar-refractivity contribution is -0.141. The maximum absolute atomic E-state index is 11.1. The van der Waals surface area contributed by atoms with Crippen LogP contribution in [0.4, 0.5) is 0 Å². The van der Waals surface area contributed by atoms with Gasteiger partial charge in [-0.05, 0) is 25.1 Å². The zero-order valence-corrected chi connectivity index (χ0v) is 11.4. The fraction of sp³-hybridized carbons (Fsp3) is 0.636. The van der Waals surface area contributed by atoms with Gasteiger partial charge in [-0.3, -0.25) is 9.59 Å². The number of hydrogen-bond acceptors (Lipinski definition) is 4. The van der Waals surface area contributed by atoms with Crippen LogP contribution in [0.25, 0.3) is 0 Å². The minimum atomic E-state index is -1.12. The third-order valence-electron chi connectivity index (χ3n) is 3.04. The number of aliphatic carboxylic acids is 3. The second-order valence-electron chi connectivity index (χ2n) is 4.51. The van der Waals surface area contributed by atoms with Crippen LogP contribution in [0.5, 0.6) is 0 Å². The molecule has 1 heterocycles. The van der Waals surface area contributed by atoms with Gasteiger partial charge in [-0.15, -0.1) is 0 Å². The molecule has 4 N–H and O–H groups in total. The average Bonchev–Trinajstić information content (AvgIpc) is 2.79. The van der Waals surface area contributed by atoms with Crippen LogP contribution in [0.15, 0.2) is 0 Å². The van der Waals surface area contributed by atoms with Gasteiger partial charge in [0.05, 0.1) is 5.92 Å². The second-order valence-corrected chi connectivity index (χ2v) is 4.89. The van der Waals surface area contributed by atoms with Crippen LogP contribution in [0, 0.1) is 5.92 Å². The monoisotopic (exact) mass is 304 g/mol. The average molecular weight is 304 g/mol. The number of carboxylic acids is 3. The van der Waals surface area contributed by atoms with Crippen LogP contribution < -0.4 is 5.32 Å². The molecule has 9 heteroatoms. The van der Waals surface area contributed by atoms with E-state index in [1.165, 1.54) is 4.90 Å². The van der Waals surface area contributed by atoms with Crippen LogP contribution in [0.1, 0.15) is 19.3 Å². The van der Waals surface area contributed by atoms with Crippen molar-refractivity contribution in [2.75, 3.05) is 13.1 Å². The van der Waals surface area contributed by atoms with E-state index in [-0.39, 0.29) is 24.5 Å². The molecule has 0 radical (unpaired) electrons. The summed E-state index contributed by atoms with van der Waals surface area (Å²) < 4.78 is 0. The highest BCUT2D eigenvalue weighted by atomic mass is 32.1. The zero-order chi connectivity index (χ0) is 15.3. The van der Waals surface area contributed by atoms with E-state index in [0.717, 1.165) is 0 Å². The third kappa shape index (κ3) is 4.34. The van der Waals surface area contributed by atoms with E-state index in [0.29, 0.717) is 13.0 Å². The number of carboxylic acid groups (broad SMARTS) is 3. The topological polar surface area (TPSA) is 127 Å². The molecule has 1 saturated heterocycles. The number of carbonyl (C=O) groups is 3. The minimum Gasteiger partial charge on any atom is -0.481 e. The van der Waals surface area contributed by atoms with Gasteiger partial charge in [0.25, 0.3) is 0 Å². The molecule has 0 aromatic rings. The Bertz CT molecular complexity index is 427. The molecule has 0 aromatic carbocycles. The molecule has 20 heavy (non-hydrogen) atoms. The number of likely N-dealkylation sites (tertiary alicyclic amines) is 1. The third-order valence-corrected chi connectivity index (χ3v) is 3.42. The number of thiocarbonyl (C=S) groups is 1. The summed E-state index contributed by atoms with van der Waals surface area (Å²) in [5.74, 6) is -3.86. The first-order chi connectivity index (χ1) is 9.32. The van der Waals surface area contributed by atoms with Gasteiger partial charge in [0.1, 0.15) is 6.04 Å². The van der Waals surface area contributed by atoms with E-state index in [4.69, 9.17) is 27.5 Å². The number of nitrogens with one attached hydrogen (secondary N) is 1. The number of nitrogens with zero attached hydrogens (tertiary/aromatic N) is 1. The molecule has 1 rings (SSSR count). The predicted molar refractivity (Wildman–Crippen MR) is 71.3 cm³/mol. The first-order valence-electron chi connectivity index (χ1n) is 6.04. The lowest BCUT2D eigenvalue weighted by atomic mass is 10.1. The molecule has 112 valence electrons. The number of rotatable bonds is 6. The van der Waals surface area contributed by atoms with Crippen molar-refractivity contribution in [3.8, 4) is 0 Å². The van der Waals surface area contributed by atoms with Crippen molar-refractivity contribution in [1.82, 2.24) is 10.2 Å². The molecule has 0 spiro atoms. The van der Waals surface area contributed by atoms with Crippen molar-refractivity contribution in [3.63, 3.8) is 0 Å². The van der Waals surface area contributed by atoms with E-state index < -0.39 is 29.9 Å². The van der Waals surface area contributed by atoms with Crippen molar-refractivity contribution in [2.24, 2.45) is 5.92 Å². The molecule has 1 aliphatic rings. The van der Waals surface area contributed by atoms with Crippen molar-refractivity contribution in [3.05, 3.63) is 0 Å². The highest BCUT2D eigenvalue weighted by Crippen LogP contribution is 2.23. The predicted octanol–water partition coefficient (Wildman–Crippen LogP) is -0.415. The summed E-state index contributed by atoms with van der Waals surface area (Å²) in [4.78, 5) is 33.7. The lowest BCUT2D eigenvalue weighted by Crippen LogP contribution is -2.46. The fourth-order valence-corrected chi connectivity index (χ4v) is 2.31. The van der Waals surface area contributed by atoms with E-state index in [1.807, 2.05) is 0 Å². The van der Waals surface area contributed by atoms with Gasteiger partial charge in [-0.1, -0.05) is 0 Å². The van der Waals surface area contributed by atoms with E-state index in [1.54, 1.807) is 0 Å². The van der Waals surface area contributed by atoms with Crippen molar-refractivity contribution >= 4 is 35.2 Å². The molecule has 0 saturated carbocycles. The smallest absolute Gasteiger partial charge is 0.326 e. The molecule has 1 unspecified atom stereocenters. The standard InChI is InChI=1S/C11H16N2O6S/c14-8(15)2-1-3-12-11(20)13-5-6(9(16)17)4-7(13)10(18)19/h6-7H,1-5H2,(H,12,20)(H,14,15)(H,16,17)(H,18,19)/t6?,7-/m1/s1. The summed E-state index contributed by atoms with van der Waals surface area (Å²) in [6.45, 7) is 0.336. The summed E-state index contributed by atoms with van der Waals surface area (Å²) in [5, 5.41) is 29.4. The van der Waals surface area contributed by atoms with Crippen molar-refractivity contribution in [1.29, 1.82) is 0 Å². The first-order valence-corrected chi connectivity index (χ1v) is 6.45. The Hall–Kier alpha value is -1.90. The Morgan fingerprint density at radius 2 is 1.85 bits per heavy atom. The minimum absolute atomic E-state index is 0.00160. The van der Waals surface area contributed by atoms with Crippen LogP contribution >= 0.6 is 12.2 Å². The van der Waals surface area contributed by atoms with Gasteiger partial charge in [0.15, 0.2) is 5.11 Å². The molecule has 8 nitrogen and oxygen atoms in total. The Balaban J connectivity index is 2.53. The van der Waals surface area contributed by atoms with E-state index in [9.17, 15) is 14.4 Å². The van der Waals surface area contributed by atoms with Gasteiger partial charge < -0.3 is 25.5 Å². The summed E-state index contributed by atoms with van der Waals surface area (Å²) in [6, 6.07) is -0.962. The van der Waals surface area contributed by atoms with Gasteiger partial charge >= 0.3 is 17.9 Å². The van der Waals surface area contributed by atoms with Crippen molar-refractivity contribution < 1.29 is 29.7 Å². The zero-order valence-electron chi connectivity index (χ0n) is 10.6. The first kappa shape index (κ1) is 16.2. The highest BCUT2D eigenvalue weighted by molar-refractivity contribution is 7.80. The molecular formula is C11H16N2O6S. The molecule has 1 aliphatic heterocycles. The van der Waals surface area contributed by atoms with Crippen molar-refractivity contribution in [2.45, 2.75) is 25.3 Å². The SMILES string of the molecule is O=C(O)CCCNC(=S)N1CC(C(=O)O)C[C@@H]1C(=O)O. The summed E-state index contributed by atoms with van der Waals surface area (Å²) in [6.07, 6.45) is 0.334. The normalized spacial score (nSPS) is 21.5. The molecule has 0 aliphatic carbocycles. The Kier molecular flexibility index (Phi) is 5.68. The molecule has 0 aromatic heterocycles. The Morgan fingerprint density at radius 3 is 2.35 bits per heavy atom. The highest BCUT2D eigenvalue weighted by Gasteiger charge is 2.41. The summed E-state index contributed by atoms with van der Waals surface area (Å²) in [5.41, 5.74) is 0. The Labute approximate surface area is 120 Å². The Morgan fingerprint density at radius 1 is 1.20 bits per heavy atom. The molecule has 1 fully saturated rings. The quantitative estimate of drug-likeness (QED) is 0.382. The largest absolute Gasteiger partial charge is 0.481 e. The maximum atomic E-state index is 11.1. The van der Waals surface area contributed by atoms with Gasteiger partial charge in [-0.2, -0.15) is 0 Å². The van der Waals surface area contributed by atoms with E-state index >= 15 is 0 Å². The molecule has 0 amide bonds. The van der Waals surface area contributed by atoms with E-state index in [2.05, 4.69) is 5.32 Å². The summed E-state index contributed by atoms with van der Waals surface area (Å²) in [7, 11) is 0. The van der Waals surface area contributed by atoms with Gasteiger partial charge in [-0.25, -0.2) is 4.79 Å². The molecular weight excluding hydrogens is 288 g/mol. The summed E-state index contributed by atoms with van der Waals surface area (Å²) >= 11 is 5.04. The van der Waals surface area contributed by atoms with Crippen LogP contribution in [-0.4, -0.2) is 62.4 Å². The number of hydrogen-bond donors (Lipinski definition) is 4. The van der Waals surface area contributed by atoms with Gasteiger partial charge in [0.2, 0.25) is 0 Å². The van der Waals surface area contributed by atoms with Crippen LogP contribution in [-0.2, 0) is 14.4 Å². The van der Waals surface area contributed by atoms with Gasteiger partial charge in [0, 0.05) is 19.5 Å². The second kappa shape index (κ2) is 7.04. The molecule has 2 atom stereocenters. The fourth-order valence-electron chi connectivity index (χ4n) is 2.01. The maximum Gasteiger partial charge on any atom is 0.326 e. The molecule has 0 bridgehead atoms.